The Morgan fingerprint density at radius 3 is 2.65 bits per heavy atom. The first-order chi connectivity index (χ1) is 11.1. The fourth-order valence-corrected chi connectivity index (χ4v) is 3.14. The third-order valence-corrected chi connectivity index (χ3v) is 4.72. The second kappa shape index (κ2) is 9.17. The minimum absolute atomic E-state index is 0.0734. The van der Waals surface area contributed by atoms with Crippen molar-refractivity contribution >= 4 is 15.9 Å². The zero-order valence-corrected chi connectivity index (χ0v) is 15.3. The lowest BCUT2D eigenvalue weighted by Gasteiger charge is -2.29. The Morgan fingerprint density at radius 1 is 1.39 bits per heavy atom. The van der Waals surface area contributed by atoms with Crippen LogP contribution in [-0.4, -0.2) is 35.0 Å². The molecule has 1 aromatic heterocycles. The summed E-state index contributed by atoms with van der Waals surface area (Å²) in [5.74, 6) is 8.40. The summed E-state index contributed by atoms with van der Waals surface area (Å²) in [6.45, 7) is 5.42. The summed E-state index contributed by atoms with van der Waals surface area (Å²) in [5.41, 5.74) is 6.35. The van der Waals surface area contributed by atoms with Crippen LogP contribution in [0, 0.1) is 23.7 Å². The monoisotopic (exact) mass is 376 g/mol. The molecule has 1 aliphatic rings. The van der Waals surface area contributed by atoms with E-state index in [1.165, 1.54) is 0 Å². The van der Waals surface area contributed by atoms with Gasteiger partial charge in [0.1, 0.15) is 5.82 Å². The molecule has 0 aliphatic heterocycles. The molecular formula is C18H25BrN4. The van der Waals surface area contributed by atoms with E-state index in [4.69, 9.17) is 5.73 Å². The Kier molecular flexibility index (Phi) is 7.22. The molecule has 2 N–H and O–H groups in total. The predicted octanol–water partition coefficient (Wildman–Crippen LogP) is 3.17. The molecule has 1 fully saturated rings. The van der Waals surface area contributed by atoms with Crippen LogP contribution in [-0.2, 0) is 0 Å². The highest BCUT2D eigenvalue weighted by atomic mass is 79.9. The predicted molar refractivity (Wildman–Crippen MR) is 97.6 cm³/mol. The first-order valence-electron chi connectivity index (χ1n) is 8.11. The van der Waals surface area contributed by atoms with Gasteiger partial charge in [0.15, 0.2) is 0 Å². The van der Waals surface area contributed by atoms with E-state index in [2.05, 4.69) is 56.3 Å². The smallest absolute Gasteiger partial charge is 0.145 e. The summed E-state index contributed by atoms with van der Waals surface area (Å²) in [6.07, 6.45) is 9.86. The number of hydrogen-bond acceptors (Lipinski definition) is 4. The first-order valence-corrected chi connectivity index (χ1v) is 8.90. The molecular weight excluding hydrogens is 352 g/mol. The minimum Gasteiger partial charge on any atom is -0.321 e. The summed E-state index contributed by atoms with van der Waals surface area (Å²) in [7, 11) is 2.06. The summed E-state index contributed by atoms with van der Waals surface area (Å²) in [4.78, 5) is 10.8. The summed E-state index contributed by atoms with van der Waals surface area (Å²) in [5, 5.41) is 0. The van der Waals surface area contributed by atoms with E-state index < -0.39 is 0 Å². The number of nitrogens with two attached hydrogens (primary N) is 1. The van der Waals surface area contributed by atoms with Gasteiger partial charge in [-0.15, -0.1) is 6.58 Å². The lowest BCUT2D eigenvalue weighted by atomic mass is 9.78. The maximum absolute atomic E-state index is 6.35. The molecule has 0 spiro atoms. The highest BCUT2D eigenvalue weighted by Crippen LogP contribution is 2.34. The van der Waals surface area contributed by atoms with Gasteiger partial charge in [0, 0.05) is 24.9 Å². The Morgan fingerprint density at radius 2 is 2.04 bits per heavy atom. The van der Waals surface area contributed by atoms with Crippen molar-refractivity contribution in [3.8, 4) is 11.8 Å². The lowest BCUT2D eigenvalue weighted by molar-refractivity contribution is 0.270. The Balaban J connectivity index is 1.80. The van der Waals surface area contributed by atoms with Gasteiger partial charge in [-0.3, -0.25) is 4.90 Å². The van der Waals surface area contributed by atoms with Gasteiger partial charge in [0.05, 0.1) is 17.1 Å². The average Bonchev–Trinajstić information content (AvgIpc) is 2.56. The second-order valence-electron chi connectivity index (χ2n) is 6.20. The molecule has 1 aliphatic carbocycles. The van der Waals surface area contributed by atoms with Crippen molar-refractivity contribution in [2.24, 2.45) is 17.6 Å². The molecule has 4 nitrogen and oxygen atoms in total. The molecule has 0 bridgehead atoms. The highest BCUT2D eigenvalue weighted by Gasteiger charge is 2.27. The maximum Gasteiger partial charge on any atom is 0.145 e. The Bertz CT molecular complexity index is 553. The largest absolute Gasteiger partial charge is 0.321 e. The van der Waals surface area contributed by atoms with Gasteiger partial charge in [-0.2, -0.15) is 0 Å². The molecule has 1 atom stereocenters. The van der Waals surface area contributed by atoms with Crippen molar-refractivity contribution in [3.05, 3.63) is 35.3 Å². The average molecular weight is 377 g/mol. The first kappa shape index (κ1) is 18.1. The summed E-state index contributed by atoms with van der Waals surface area (Å²) in [6, 6.07) is -0.0734. The van der Waals surface area contributed by atoms with Crippen molar-refractivity contribution in [1.29, 1.82) is 0 Å². The standard InChI is InChI=1S/C18H25BrN4/c1-3-10-23(2)11-4-5-14-6-8-15(9-7-14)17(20)18-21-12-16(19)13-22-18/h3,12-15,17H,1,6-11,20H2,2H3. The molecule has 5 heteroatoms. The zero-order valence-electron chi connectivity index (χ0n) is 13.7. The fraction of sp³-hybridized carbons (Fsp3) is 0.556. The van der Waals surface area contributed by atoms with E-state index in [1.807, 2.05) is 6.08 Å². The van der Waals surface area contributed by atoms with Crippen LogP contribution in [0.4, 0.5) is 0 Å². The van der Waals surface area contributed by atoms with Crippen molar-refractivity contribution in [3.63, 3.8) is 0 Å². The number of aromatic nitrogens is 2. The van der Waals surface area contributed by atoms with Crippen molar-refractivity contribution < 1.29 is 0 Å². The van der Waals surface area contributed by atoms with Crippen LogP contribution < -0.4 is 5.73 Å². The second-order valence-corrected chi connectivity index (χ2v) is 7.12. The topological polar surface area (TPSA) is 55.0 Å². The SMILES string of the molecule is C=CCN(C)CC#CC1CCC(C(N)c2ncc(Br)cn2)CC1. The van der Waals surface area contributed by atoms with Gasteiger partial charge in [0.2, 0.25) is 0 Å². The van der Waals surface area contributed by atoms with E-state index in [-0.39, 0.29) is 6.04 Å². The van der Waals surface area contributed by atoms with Crippen molar-refractivity contribution in [2.45, 2.75) is 31.7 Å². The van der Waals surface area contributed by atoms with Crippen LogP contribution in [0.1, 0.15) is 37.5 Å². The van der Waals surface area contributed by atoms with Crippen molar-refractivity contribution in [1.82, 2.24) is 14.9 Å². The minimum atomic E-state index is -0.0734. The summed E-state index contributed by atoms with van der Waals surface area (Å²) < 4.78 is 0.883. The van der Waals surface area contributed by atoms with E-state index in [0.29, 0.717) is 11.8 Å². The van der Waals surface area contributed by atoms with Crippen LogP contribution in [0.25, 0.3) is 0 Å². The number of hydrogen-bond donors (Lipinski definition) is 1. The van der Waals surface area contributed by atoms with Gasteiger partial charge in [-0.1, -0.05) is 17.9 Å². The maximum atomic E-state index is 6.35. The number of likely N-dealkylation sites (N-methyl/N-ethyl adjacent to an activating group) is 1. The Hall–Kier alpha value is -1.22. The number of rotatable bonds is 5. The van der Waals surface area contributed by atoms with Gasteiger partial charge in [-0.25, -0.2) is 9.97 Å². The van der Waals surface area contributed by atoms with E-state index in [0.717, 1.165) is 49.1 Å². The molecule has 1 heterocycles. The van der Waals surface area contributed by atoms with Crippen LogP contribution in [0.15, 0.2) is 29.5 Å². The molecule has 2 rings (SSSR count). The van der Waals surface area contributed by atoms with Gasteiger partial charge in [0.25, 0.3) is 0 Å². The highest BCUT2D eigenvalue weighted by molar-refractivity contribution is 9.10. The zero-order chi connectivity index (χ0) is 16.7. The normalized spacial score (nSPS) is 22.3. The molecule has 0 radical (unpaired) electrons. The molecule has 0 amide bonds. The molecule has 23 heavy (non-hydrogen) atoms. The fourth-order valence-electron chi connectivity index (χ4n) is 2.94. The molecule has 1 aromatic rings. The van der Waals surface area contributed by atoms with Crippen LogP contribution in [0.5, 0.6) is 0 Å². The van der Waals surface area contributed by atoms with E-state index in [9.17, 15) is 0 Å². The van der Waals surface area contributed by atoms with E-state index >= 15 is 0 Å². The third-order valence-electron chi connectivity index (χ3n) is 4.31. The molecule has 0 saturated heterocycles. The molecule has 1 unspecified atom stereocenters. The molecule has 1 saturated carbocycles. The van der Waals surface area contributed by atoms with Gasteiger partial charge >= 0.3 is 0 Å². The van der Waals surface area contributed by atoms with Crippen molar-refractivity contribution in [2.75, 3.05) is 20.1 Å². The summed E-state index contributed by atoms with van der Waals surface area (Å²) >= 11 is 3.35. The number of halogens is 1. The lowest BCUT2D eigenvalue weighted by Crippen LogP contribution is -2.27. The van der Waals surface area contributed by atoms with E-state index in [1.54, 1.807) is 12.4 Å². The molecule has 124 valence electrons. The quantitative estimate of drug-likeness (QED) is 0.633. The van der Waals surface area contributed by atoms with Crippen LogP contribution >= 0.6 is 15.9 Å². The van der Waals surface area contributed by atoms with Gasteiger partial charge in [-0.05, 0) is 54.6 Å². The number of nitrogens with zero attached hydrogens (tertiary/aromatic N) is 3. The van der Waals surface area contributed by atoms with Crippen LogP contribution in [0.3, 0.4) is 0 Å². The van der Waals surface area contributed by atoms with Gasteiger partial charge < -0.3 is 5.73 Å². The third kappa shape index (κ3) is 5.72. The van der Waals surface area contributed by atoms with Crippen LogP contribution in [0.2, 0.25) is 0 Å². The molecule has 0 aromatic carbocycles. The Labute approximate surface area is 147 Å².